The van der Waals surface area contributed by atoms with Gasteiger partial charge in [-0.05, 0) is 55.0 Å². The Morgan fingerprint density at radius 2 is 2.07 bits per heavy atom. The molecule has 0 atom stereocenters. The minimum atomic E-state index is -0.341. The lowest BCUT2D eigenvalue weighted by Crippen LogP contribution is -2.42. The predicted molar refractivity (Wildman–Crippen MR) is 117 cm³/mol. The van der Waals surface area contributed by atoms with Crippen LogP contribution in [-0.2, 0) is 11.4 Å². The smallest absolute Gasteiger partial charge is 0.338 e. The molecule has 6 nitrogen and oxygen atoms in total. The van der Waals surface area contributed by atoms with Crippen molar-refractivity contribution in [2.45, 2.75) is 13.6 Å². The second-order valence-electron chi connectivity index (χ2n) is 6.43. The largest absolute Gasteiger partial charge is 0.462 e. The number of hydrogen-bond acceptors (Lipinski definition) is 6. The molecule has 0 N–H and O–H groups in total. The van der Waals surface area contributed by atoms with Gasteiger partial charge in [-0.3, -0.25) is 9.36 Å². The quantitative estimate of drug-likeness (QED) is 0.548. The van der Waals surface area contributed by atoms with Gasteiger partial charge in [-0.15, -0.1) is 0 Å². The third-order valence-electron chi connectivity index (χ3n) is 4.47. The standard InChI is InChI=1S/C21H18BrN3O3S/c1-2-28-20(27)15-6-8-17(9-7-15)24-12-23-21-25(13-24)19(26)18(29-21)11-14-4-3-5-16(22)10-14/h3-11H,2,12-13H2,1H3/b18-11+. The highest BCUT2D eigenvalue weighted by molar-refractivity contribution is 9.10. The fourth-order valence-corrected chi connectivity index (χ4v) is 4.42. The van der Waals surface area contributed by atoms with Crippen LogP contribution in [0.3, 0.4) is 0 Å². The third-order valence-corrected chi connectivity index (χ3v) is 6.00. The highest BCUT2D eigenvalue weighted by Crippen LogP contribution is 2.17. The molecule has 0 fully saturated rings. The molecule has 2 heterocycles. The lowest BCUT2D eigenvalue weighted by Gasteiger charge is -2.25. The second kappa shape index (κ2) is 8.34. The first-order chi connectivity index (χ1) is 14.0. The van der Waals surface area contributed by atoms with E-state index in [0.717, 1.165) is 20.5 Å². The highest BCUT2D eigenvalue weighted by Gasteiger charge is 2.16. The molecule has 29 heavy (non-hydrogen) atoms. The number of aromatic nitrogens is 1. The van der Waals surface area contributed by atoms with Crippen molar-refractivity contribution in [1.29, 1.82) is 0 Å². The Balaban J connectivity index is 1.60. The van der Waals surface area contributed by atoms with E-state index < -0.39 is 0 Å². The summed E-state index contributed by atoms with van der Waals surface area (Å²) in [5.41, 5.74) is 2.30. The van der Waals surface area contributed by atoms with Gasteiger partial charge < -0.3 is 9.64 Å². The summed E-state index contributed by atoms with van der Waals surface area (Å²) in [6.07, 6.45) is 1.89. The van der Waals surface area contributed by atoms with E-state index in [9.17, 15) is 9.59 Å². The van der Waals surface area contributed by atoms with Crippen molar-refractivity contribution in [1.82, 2.24) is 4.57 Å². The van der Waals surface area contributed by atoms with E-state index in [2.05, 4.69) is 20.9 Å². The molecule has 0 unspecified atom stereocenters. The zero-order valence-electron chi connectivity index (χ0n) is 15.7. The Morgan fingerprint density at radius 3 is 2.79 bits per heavy atom. The average molecular weight is 472 g/mol. The molecule has 0 saturated carbocycles. The maximum absolute atomic E-state index is 12.9. The van der Waals surface area contributed by atoms with Crippen LogP contribution < -0.4 is 19.8 Å². The molecule has 1 aromatic heterocycles. The predicted octanol–water partition coefficient (Wildman–Crippen LogP) is 2.73. The molecule has 0 amide bonds. The Hall–Kier alpha value is -2.71. The van der Waals surface area contributed by atoms with E-state index in [1.807, 2.05) is 47.4 Å². The summed E-state index contributed by atoms with van der Waals surface area (Å²) in [4.78, 5) is 32.0. The summed E-state index contributed by atoms with van der Waals surface area (Å²) in [5.74, 6) is -0.341. The third kappa shape index (κ3) is 4.18. The number of fused-ring (bicyclic) bond motifs is 1. The van der Waals surface area contributed by atoms with Crippen molar-refractivity contribution in [3.8, 4) is 0 Å². The van der Waals surface area contributed by atoms with Crippen molar-refractivity contribution in [2.24, 2.45) is 4.99 Å². The molecule has 1 aliphatic rings. The van der Waals surface area contributed by atoms with E-state index >= 15 is 0 Å². The summed E-state index contributed by atoms with van der Waals surface area (Å²) >= 11 is 4.85. The highest BCUT2D eigenvalue weighted by atomic mass is 79.9. The number of benzene rings is 2. The zero-order valence-corrected chi connectivity index (χ0v) is 18.1. The minimum absolute atomic E-state index is 0.0541. The van der Waals surface area contributed by atoms with Crippen LogP contribution in [0, 0.1) is 0 Å². The van der Waals surface area contributed by atoms with E-state index in [-0.39, 0.29) is 11.5 Å². The molecule has 0 aliphatic carbocycles. The van der Waals surface area contributed by atoms with Crippen LogP contribution in [0.4, 0.5) is 5.69 Å². The van der Waals surface area contributed by atoms with Gasteiger partial charge >= 0.3 is 5.97 Å². The number of thiazole rings is 1. The van der Waals surface area contributed by atoms with Crippen LogP contribution in [-0.4, -0.2) is 23.8 Å². The van der Waals surface area contributed by atoms with Gasteiger partial charge in [0, 0.05) is 10.2 Å². The first-order valence-electron chi connectivity index (χ1n) is 9.08. The van der Waals surface area contributed by atoms with Gasteiger partial charge in [0.25, 0.3) is 5.56 Å². The van der Waals surface area contributed by atoms with Crippen LogP contribution >= 0.6 is 27.3 Å². The number of rotatable bonds is 4. The van der Waals surface area contributed by atoms with E-state index in [1.165, 1.54) is 11.3 Å². The summed E-state index contributed by atoms with van der Waals surface area (Å²) in [6, 6.07) is 15.0. The molecule has 0 saturated heterocycles. The minimum Gasteiger partial charge on any atom is -0.462 e. The molecule has 2 aromatic carbocycles. The Morgan fingerprint density at radius 1 is 1.28 bits per heavy atom. The first-order valence-corrected chi connectivity index (χ1v) is 10.7. The molecule has 0 bridgehead atoms. The number of carbonyl (C=O) groups excluding carboxylic acids is 1. The van der Waals surface area contributed by atoms with Crippen molar-refractivity contribution in [3.63, 3.8) is 0 Å². The molecule has 1 aliphatic heterocycles. The summed E-state index contributed by atoms with van der Waals surface area (Å²) in [7, 11) is 0. The van der Waals surface area contributed by atoms with Gasteiger partial charge in [-0.1, -0.05) is 39.4 Å². The Kier molecular flexibility index (Phi) is 5.64. The zero-order chi connectivity index (χ0) is 20.4. The summed E-state index contributed by atoms with van der Waals surface area (Å²) in [5, 5.41) is 0. The van der Waals surface area contributed by atoms with Crippen LogP contribution in [0.5, 0.6) is 0 Å². The van der Waals surface area contributed by atoms with Crippen molar-refractivity contribution < 1.29 is 9.53 Å². The maximum atomic E-state index is 12.9. The normalized spacial score (nSPS) is 13.7. The lowest BCUT2D eigenvalue weighted by molar-refractivity contribution is 0.0526. The van der Waals surface area contributed by atoms with Gasteiger partial charge in [-0.2, -0.15) is 0 Å². The van der Waals surface area contributed by atoms with Crippen LogP contribution in [0.2, 0.25) is 0 Å². The number of esters is 1. The van der Waals surface area contributed by atoms with E-state index in [4.69, 9.17) is 4.74 Å². The van der Waals surface area contributed by atoms with Gasteiger partial charge in [-0.25, -0.2) is 9.79 Å². The summed E-state index contributed by atoms with van der Waals surface area (Å²) < 4.78 is 8.31. The molecule has 0 radical (unpaired) electrons. The molecule has 0 spiro atoms. The van der Waals surface area contributed by atoms with E-state index in [0.29, 0.717) is 30.0 Å². The molecule has 148 valence electrons. The van der Waals surface area contributed by atoms with Gasteiger partial charge in [0.1, 0.15) is 13.3 Å². The fraction of sp³-hybridized carbons (Fsp3) is 0.190. The Labute approximate surface area is 179 Å². The van der Waals surface area contributed by atoms with Crippen molar-refractivity contribution in [2.75, 3.05) is 18.2 Å². The lowest BCUT2D eigenvalue weighted by atomic mass is 10.2. The molecule has 3 aromatic rings. The maximum Gasteiger partial charge on any atom is 0.338 e. The van der Waals surface area contributed by atoms with Crippen LogP contribution in [0.1, 0.15) is 22.8 Å². The number of anilines is 1. The van der Waals surface area contributed by atoms with Crippen molar-refractivity contribution in [3.05, 3.63) is 83.8 Å². The number of hydrogen-bond donors (Lipinski definition) is 0. The van der Waals surface area contributed by atoms with E-state index in [1.54, 1.807) is 23.6 Å². The molecular weight excluding hydrogens is 454 g/mol. The molecule has 8 heteroatoms. The number of halogens is 1. The topological polar surface area (TPSA) is 63.9 Å². The number of nitrogens with zero attached hydrogens (tertiary/aromatic N) is 3. The second-order valence-corrected chi connectivity index (χ2v) is 8.35. The number of carbonyl (C=O) groups is 1. The van der Waals surface area contributed by atoms with Gasteiger partial charge in [0.2, 0.25) is 0 Å². The monoisotopic (exact) mass is 471 g/mol. The SMILES string of the molecule is CCOC(=O)c1ccc(N2CN=c3s/c(=C/c4cccc(Br)c4)c(=O)n3C2)cc1. The first kappa shape index (κ1) is 19.6. The fourth-order valence-electron chi connectivity index (χ4n) is 3.05. The van der Waals surface area contributed by atoms with Crippen LogP contribution in [0.25, 0.3) is 6.08 Å². The Bertz CT molecular complexity index is 1230. The summed E-state index contributed by atoms with van der Waals surface area (Å²) in [6.45, 7) is 2.99. The van der Waals surface area contributed by atoms with Crippen molar-refractivity contribution >= 4 is 45.0 Å². The number of ether oxygens (including phenoxy) is 1. The van der Waals surface area contributed by atoms with Gasteiger partial charge in [0.15, 0.2) is 4.80 Å². The molecular formula is C21H18BrN3O3S. The van der Waals surface area contributed by atoms with Crippen LogP contribution in [0.15, 0.2) is 62.8 Å². The molecule has 4 rings (SSSR count). The van der Waals surface area contributed by atoms with Gasteiger partial charge in [0.05, 0.1) is 16.7 Å². The average Bonchev–Trinajstić information content (AvgIpc) is 3.03.